The standard InChI is InChI=1S/C12H12FIN2O2S/c13-8-4-11-10(5-9(8)14)15-12(17)3-7-6-19(18)2-1-16(7)11/h4-5,7H,1-3,6H2,(H,15,17). The highest BCUT2D eigenvalue weighted by Crippen LogP contribution is 2.35. The summed E-state index contributed by atoms with van der Waals surface area (Å²) in [4.78, 5) is 13.9. The van der Waals surface area contributed by atoms with Crippen LogP contribution in [0.1, 0.15) is 6.42 Å². The quantitative estimate of drug-likeness (QED) is 0.682. The lowest BCUT2D eigenvalue weighted by Crippen LogP contribution is -2.47. The van der Waals surface area contributed by atoms with E-state index in [0.717, 1.165) is 0 Å². The summed E-state index contributed by atoms with van der Waals surface area (Å²) in [6, 6.07) is 3.01. The van der Waals surface area contributed by atoms with Crippen molar-refractivity contribution in [1.82, 2.24) is 0 Å². The topological polar surface area (TPSA) is 49.4 Å². The summed E-state index contributed by atoms with van der Waals surface area (Å²) >= 11 is 1.91. The number of hydrogen-bond acceptors (Lipinski definition) is 3. The fraction of sp³-hybridized carbons (Fsp3) is 0.417. The van der Waals surface area contributed by atoms with Crippen LogP contribution in [0.4, 0.5) is 15.8 Å². The Morgan fingerprint density at radius 2 is 2.26 bits per heavy atom. The maximum atomic E-state index is 13.8. The zero-order chi connectivity index (χ0) is 13.6. The number of halogens is 2. The third kappa shape index (κ3) is 2.49. The number of carbonyl (C=O) groups is 1. The van der Waals surface area contributed by atoms with E-state index in [1.54, 1.807) is 6.07 Å². The Balaban J connectivity index is 2.08. The van der Waals surface area contributed by atoms with Crippen molar-refractivity contribution in [3.8, 4) is 0 Å². The van der Waals surface area contributed by atoms with Gasteiger partial charge in [-0.3, -0.25) is 9.00 Å². The van der Waals surface area contributed by atoms with Crippen LogP contribution in [0.25, 0.3) is 0 Å². The van der Waals surface area contributed by atoms with E-state index in [2.05, 4.69) is 5.32 Å². The number of nitrogens with one attached hydrogen (secondary N) is 1. The molecule has 4 nitrogen and oxygen atoms in total. The average Bonchev–Trinajstić information content (AvgIpc) is 2.45. The van der Waals surface area contributed by atoms with Crippen LogP contribution in [0.15, 0.2) is 12.1 Å². The summed E-state index contributed by atoms with van der Waals surface area (Å²) in [5, 5.41) is 2.81. The van der Waals surface area contributed by atoms with Crippen molar-refractivity contribution in [2.45, 2.75) is 12.5 Å². The number of amides is 1. The molecule has 0 radical (unpaired) electrons. The highest BCUT2D eigenvalue weighted by Gasteiger charge is 2.33. The lowest BCUT2D eigenvalue weighted by molar-refractivity contribution is -0.116. The Hall–Kier alpha value is -0.700. The Morgan fingerprint density at radius 3 is 3.05 bits per heavy atom. The fourth-order valence-corrected chi connectivity index (χ4v) is 4.31. The molecule has 1 saturated heterocycles. The first-order valence-corrected chi connectivity index (χ1v) is 8.52. The molecule has 1 aromatic rings. The van der Waals surface area contributed by atoms with Gasteiger partial charge < -0.3 is 10.2 Å². The Kier molecular flexibility index (Phi) is 3.50. The summed E-state index contributed by atoms with van der Waals surface area (Å²) < 4.78 is 25.9. The third-order valence-electron chi connectivity index (χ3n) is 3.42. The molecule has 7 heteroatoms. The Bertz CT molecular complexity index is 581. The van der Waals surface area contributed by atoms with E-state index in [-0.39, 0.29) is 17.8 Å². The van der Waals surface area contributed by atoms with Gasteiger partial charge in [0.15, 0.2) is 0 Å². The maximum absolute atomic E-state index is 13.8. The van der Waals surface area contributed by atoms with Gasteiger partial charge in [-0.25, -0.2) is 4.39 Å². The minimum absolute atomic E-state index is 0.102. The number of nitrogens with zero attached hydrogens (tertiary/aromatic N) is 1. The zero-order valence-corrected chi connectivity index (χ0v) is 13.0. The van der Waals surface area contributed by atoms with Gasteiger partial charge >= 0.3 is 0 Å². The first-order chi connectivity index (χ1) is 9.04. The normalized spacial score (nSPS) is 26.2. The van der Waals surface area contributed by atoms with Crippen molar-refractivity contribution < 1.29 is 13.4 Å². The van der Waals surface area contributed by atoms with Gasteiger partial charge in [-0.1, -0.05) is 0 Å². The Morgan fingerprint density at radius 1 is 1.47 bits per heavy atom. The van der Waals surface area contributed by atoms with E-state index < -0.39 is 10.8 Å². The Labute approximate surface area is 126 Å². The van der Waals surface area contributed by atoms with Gasteiger partial charge in [0.25, 0.3) is 0 Å². The monoisotopic (exact) mass is 394 g/mol. The van der Waals surface area contributed by atoms with E-state index in [4.69, 9.17) is 0 Å². The molecule has 2 aliphatic heterocycles. The van der Waals surface area contributed by atoms with Crippen LogP contribution in [0, 0.1) is 9.39 Å². The molecule has 3 rings (SSSR count). The van der Waals surface area contributed by atoms with Gasteiger partial charge in [0, 0.05) is 47.4 Å². The van der Waals surface area contributed by atoms with Gasteiger partial charge in [0.05, 0.1) is 14.9 Å². The molecule has 0 aromatic heterocycles. The van der Waals surface area contributed by atoms with Crippen molar-refractivity contribution >= 4 is 50.7 Å². The first-order valence-electron chi connectivity index (χ1n) is 5.95. The molecule has 19 heavy (non-hydrogen) atoms. The summed E-state index contributed by atoms with van der Waals surface area (Å²) in [6.45, 7) is 0.596. The second-order valence-corrected chi connectivity index (χ2v) is 7.48. The van der Waals surface area contributed by atoms with E-state index in [1.165, 1.54) is 6.07 Å². The number of fused-ring (bicyclic) bond motifs is 3. The van der Waals surface area contributed by atoms with Gasteiger partial charge in [0.1, 0.15) is 5.82 Å². The van der Waals surface area contributed by atoms with Crippen LogP contribution in [0.3, 0.4) is 0 Å². The summed E-state index contributed by atoms with van der Waals surface area (Å²) in [5.41, 5.74) is 1.34. The minimum Gasteiger partial charge on any atom is -0.364 e. The van der Waals surface area contributed by atoms with Crippen molar-refractivity contribution in [2.75, 3.05) is 28.3 Å². The second-order valence-electron chi connectivity index (χ2n) is 4.69. The zero-order valence-electron chi connectivity index (χ0n) is 9.99. The predicted molar refractivity (Wildman–Crippen MR) is 81.4 cm³/mol. The molecular formula is C12H12FIN2O2S. The van der Waals surface area contributed by atoms with Crippen LogP contribution in [0.5, 0.6) is 0 Å². The molecule has 102 valence electrons. The molecule has 0 spiro atoms. The molecule has 1 N–H and O–H groups in total. The first kappa shape index (κ1) is 13.3. The van der Waals surface area contributed by atoms with Gasteiger partial charge in [-0.15, -0.1) is 0 Å². The van der Waals surface area contributed by atoms with Crippen LogP contribution in [0.2, 0.25) is 0 Å². The minimum atomic E-state index is -0.885. The van der Waals surface area contributed by atoms with Gasteiger partial charge in [-0.2, -0.15) is 0 Å². The smallest absolute Gasteiger partial charge is 0.226 e. The van der Waals surface area contributed by atoms with Crippen molar-refractivity contribution in [3.63, 3.8) is 0 Å². The van der Waals surface area contributed by atoms with Crippen molar-refractivity contribution in [2.24, 2.45) is 0 Å². The lowest BCUT2D eigenvalue weighted by Gasteiger charge is -2.35. The molecule has 2 heterocycles. The fourth-order valence-electron chi connectivity index (χ4n) is 2.55. The van der Waals surface area contributed by atoms with Crippen LogP contribution in [-0.2, 0) is 15.6 Å². The van der Waals surface area contributed by atoms with Crippen molar-refractivity contribution in [3.05, 3.63) is 21.5 Å². The molecule has 0 bridgehead atoms. The van der Waals surface area contributed by atoms with Gasteiger partial charge in [-0.05, 0) is 28.7 Å². The number of hydrogen-bond donors (Lipinski definition) is 1. The molecule has 1 fully saturated rings. The molecule has 0 aliphatic carbocycles. The maximum Gasteiger partial charge on any atom is 0.226 e. The van der Waals surface area contributed by atoms with Crippen molar-refractivity contribution in [1.29, 1.82) is 0 Å². The predicted octanol–water partition coefficient (Wildman–Crippen LogP) is 1.71. The van der Waals surface area contributed by atoms with Gasteiger partial charge in [0.2, 0.25) is 5.91 Å². The average molecular weight is 394 g/mol. The summed E-state index contributed by atoms with van der Waals surface area (Å²) in [5.74, 6) is 0.647. The third-order valence-corrected chi connectivity index (χ3v) is 5.64. The molecule has 0 saturated carbocycles. The van der Waals surface area contributed by atoms with Crippen LogP contribution in [-0.4, -0.2) is 34.2 Å². The summed E-state index contributed by atoms with van der Waals surface area (Å²) in [6.07, 6.45) is 0.304. The van der Waals surface area contributed by atoms with E-state index in [1.807, 2.05) is 27.5 Å². The molecule has 1 amide bonds. The SMILES string of the molecule is O=C1CC2CS(=O)CCN2c2cc(F)c(I)cc2N1. The van der Waals surface area contributed by atoms with E-state index in [0.29, 0.717) is 39.4 Å². The molecule has 2 unspecified atom stereocenters. The second kappa shape index (κ2) is 5.01. The van der Waals surface area contributed by atoms with Crippen LogP contribution < -0.4 is 10.2 Å². The molecule has 1 aromatic carbocycles. The molecule has 2 atom stereocenters. The largest absolute Gasteiger partial charge is 0.364 e. The van der Waals surface area contributed by atoms with E-state index in [9.17, 15) is 13.4 Å². The number of anilines is 2. The molecule has 2 aliphatic rings. The summed E-state index contributed by atoms with van der Waals surface area (Å²) in [7, 11) is -0.885. The highest BCUT2D eigenvalue weighted by atomic mass is 127. The van der Waals surface area contributed by atoms with E-state index >= 15 is 0 Å². The van der Waals surface area contributed by atoms with Crippen LogP contribution >= 0.6 is 22.6 Å². The number of carbonyl (C=O) groups excluding carboxylic acids is 1. The number of rotatable bonds is 0. The lowest BCUT2D eigenvalue weighted by atomic mass is 10.1. The highest BCUT2D eigenvalue weighted by molar-refractivity contribution is 14.1. The number of benzene rings is 1. The molecular weight excluding hydrogens is 382 g/mol.